The molecule has 6 heteroatoms. The van der Waals surface area contributed by atoms with E-state index in [1.165, 1.54) is 6.20 Å². The van der Waals surface area contributed by atoms with Gasteiger partial charge < -0.3 is 15.7 Å². The quantitative estimate of drug-likeness (QED) is 0.790. The summed E-state index contributed by atoms with van der Waals surface area (Å²) in [6, 6.07) is 3.19. The van der Waals surface area contributed by atoms with Crippen LogP contribution in [0.25, 0.3) is 0 Å². The highest BCUT2D eigenvalue weighted by Crippen LogP contribution is 2.24. The highest BCUT2D eigenvalue weighted by atomic mass is 32.1. The molecule has 1 aliphatic heterocycles. The van der Waals surface area contributed by atoms with Crippen molar-refractivity contribution in [3.8, 4) is 0 Å². The fourth-order valence-electron chi connectivity index (χ4n) is 2.35. The molecule has 1 aromatic rings. The molecule has 102 valence electrons. The number of nitrogens with zero attached hydrogens (tertiary/aromatic N) is 2. The molecule has 0 spiro atoms. The van der Waals surface area contributed by atoms with E-state index in [-0.39, 0.29) is 23.5 Å². The number of likely N-dealkylation sites (tertiary alicyclic amines) is 1. The van der Waals surface area contributed by atoms with Gasteiger partial charge in [0.25, 0.3) is 5.91 Å². The summed E-state index contributed by atoms with van der Waals surface area (Å²) in [6.45, 7) is 2.68. The minimum atomic E-state index is -0.155. The van der Waals surface area contributed by atoms with E-state index in [0.29, 0.717) is 23.7 Å². The van der Waals surface area contributed by atoms with Crippen LogP contribution in [0, 0.1) is 5.92 Å². The number of pyridine rings is 1. The molecule has 1 aromatic heterocycles. The van der Waals surface area contributed by atoms with Crippen molar-refractivity contribution in [1.29, 1.82) is 0 Å². The first-order chi connectivity index (χ1) is 9.04. The van der Waals surface area contributed by atoms with Crippen molar-refractivity contribution >= 4 is 23.1 Å². The Morgan fingerprint density at radius 1 is 1.63 bits per heavy atom. The molecule has 0 aliphatic carbocycles. The van der Waals surface area contributed by atoms with E-state index in [1.807, 2.05) is 6.92 Å². The van der Waals surface area contributed by atoms with Crippen LogP contribution in [0.1, 0.15) is 29.4 Å². The Bertz CT molecular complexity index is 489. The number of rotatable bonds is 3. The first-order valence-electron chi connectivity index (χ1n) is 6.22. The second-order valence-electron chi connectivity index (χ2n) is 4.81. The van der Waals surface area contributed by atoms with Crippen molar-refractivity contribution in [1.82, 2.24) is 9.88 Å². The molecule has 0 radical (unpaired) electrons. The van der Waals surface area contributed by atoms with Gasteiger partial charge in [0.1, 0.15) is 10.7 Å². The lowest BCUT2D eigenvalue weighted by Gasteiger charge is -2.24. The summed E-state index contributed by atoms with van der Waals surface area (Å²) in [5, 5.41) is 9.37. The number of thiocarbonyl (C=S) groups is 1. The van der Waals surface area contributed by atoms with Gasteiger partial charge in [0, 0.05) is 18.3 Å². The average molecular weight is 279 g/mol. The maximum Gasteiger partial charge on any atom is 0.272 e. The van der Waals surface area contributed by atoms with E-state index < -0.39 is 0 Å². The van der Waals surface area contributed by atoms with Crippen LogP contribution in [0.15, 0.2) is 18.3 Å². The van der Waals surface area contributed by atoms with Gasteiger partial charge >= 0.3 is 0 Å². The van der Waals surface area contributed by atoms with Crippen LogP contribution in [-0.2, 0) is 0 Å². The van der Waals surface area contributed by atoms with Crippen LogP contribution in [0.3, 0.4) is 0 Å². The summed E-state index contributed by atoms with van der Waals surface area (Å²) in [5.74, 6) is 0.155. The lowest BCUT2D eigenvalue weighted by atomic mass is 10.0. The number of carbonyl (C=O) groups is 1. The number of hydrogen-bond acceptors (Lipinski definition) is 4. The van der Waals surface area contributed by atoms with E-state index in [1.54, 1.807) is 17.0 Å². The van der Waals surface area contributed by atoms with Gasteiger partial charge in [-0.25, -0.2) is 0 Å². The Hall–Kier alpha value is -1.53. The van der Waals surface area contributed by atoms with Crippen molar-refractivity contribution < 1.29 is 9.90 Å². The zero-order valence-electron chi connectivity index (χ0n) is 10.7. The zero-order chi connectivity index (χ0) is 14.0. The average Bonchev–Trinajstić information content (AvgIpc) is 2.79. The Kier molecular flexibility index (Phi) is 4.11. The molecule has 0 aromatic carbocycles. The molecule has 0 bridgehead atoms. The summed E-state index contributed by atoms with van der Waals surface area (Å²) >= 11 is 4.84. The second-order valence-corrected chi connectivity index (χ2v) is 5.25. The molecule has 2 atom stereocenters. The number of nitrogens with two attached hydrogens (primary N) is 1. The normalized spacial score (nSPS) is 22.5. The molecule has 1 saturated heterocycles. The van der Waals surface area contributed by atoms with Gasteiger partial charge in [-0.2, -0.15) is 0 Å². The molecular weight excluding hydrogens is 262 g/mol. The monoisotopic (exact) mass is 279 g/mol. The maximum atomic E-state index is 12.3. The van der Waals surface area contributed by atoms with Crippen LogP contribution in [0.2, 0.25) is 0 Å². The summed E-state index contributed by atoms with van der Waals surface area (Å²) in [4.78, 5) is 18.4. The highest BCUT2D eigenvalue weighted by molar-refractivity contribution is 7.80. The fourth-order valence-corrected chi connectivity index (χ4v) is 2.47. The second kappa shape index (κ2) is 5.63. The Morgan fingerprint density at radius 2 is 2.37 bits per heavy atom. The van der Waals surface area contributed by atoms with Gasteiger partial charge in [0.15, 0.2) is 0 Å². The SMILES string of the molecule is CC1CCN(C(=O)c2ccc(C(N)=S)cn2)C1CO. The minimum Gasteiger partial charge on any atom is -0.394 e. The lowest BCUT2D eigenvalue weighted by Crippen LogP contribution is -2.40. The van der Waals surface area contributed by atoms with Crippen LogP contribution < -0.4 is 5.73 Å². The summed E-state index contributed by atoms with van der Waals surface area (Å²) in [5.41, 5.74) is 6.48. The molecular formula is C13H17N3O2S. The molecule has 2 heterocycles. The van der Waals surface area contributed by atoms with Crippen molar-refractivity contribution in [3.05, 3.63) is 29.6 Å². The van der Waals surface area contributed by atoms with E-state index in [9.17, 15) is 9.90 Å². The lowest BCUT2D eigenvalue weighted by molar-refractivity contribution is 0.0642. The highest BCUT2D eigenvalue weighted by Gasteiger charge is 2.34. The predicted octanol–water partition coefficient (Wildman–Crippen LogP) is 0.559. The third kappa shape index (κ3) is 2.74. The van der Waals surface area contributed by atoms with Gasteiger partial charge in [0.05, 0.1) is 12.6 Å². The molecule has 0 saturated carbocycles. The minimum absolute atomic E-state index is 0.0160. The smallest absolute Gasteiger partial charge is 0.272 e. The van der Waals surface area contributed by atoms with Crippen molar-refractivity contribution in [2.45, 2.75) is 19.4 Å². The van der Waals surface area contributed by atoms with Gasteiger partial charge in [-0.05, 0) is 24.5 Å². The van der Waals surface area contributed by atoms with Crippen molar-refractivity contribution in [2.24, 2.45) is 11.7 Å². The molecule has 1 aliphatic rings. The van der Waals surface area contributed by atoms with Crippen molar-refractivity contribution in [3.63, 3.8) is 0 Å². The van der Waals surface area contributed by atoms with Crippen molar-refractivity contribution in [2.75, 3.05) is 13.2 Å². The predicted molar refractivity (Wildman–Crippen MR) is 75.8 cm³/mol. The molecule has 1 amide bonds. The third-order valence-corrected chi connectivity index (χ3v) is 3.83. The maximum absolute atomic E-state index is 12.3. The van der Waals surface area contributed by atoms with Gasteiger partial charge in [-0.3, -0.25) is 9.78 Å². The first kappa shape index (κ1) is 13.9. The number of hydrogen-bond donors (Lipinski definition) is 2. The summed E-state index contributed by atoms with van der Waals surface area (Å²) < 4.78 is 0. The van der Waals surface area contributed by atoms with E-state index in [4.69, 9.17) is 18.0 Å². The van der Waals surface area contributed by atoms with Gasteiger partial charge in [-0.1, -0.05) is 19.1 Å². The number of aliphatic hydroxyl groups excluding tert-OH is 1. The standard InChI is InChI=1S/C13H17N3O2S/c1-8-4-5-16(11(8)7-17)13(18)10-3-2-9(6-15-10)12(14)19/h2-3,6,8,11,17H,4-5,7H2,1H3,(H2,14,19). The molecule has 2 unspecified atom stereocenters. The molecule has 19 heavy (non-hydrogen) atoms. The van der Waals surface area contributed by atoms with Crippen LogP contribution in [0.4, 0.5) is 0 Å². The largest absolute Gasteiger partial charge is 0.394 e. The summed E-state index contributed by atoms with van der Waals surface area (Å²) in [7, 11) is 0. The Balaban J connectivity index is 2.17. The first-order valence-corrected chi connectivity index (χ1v) is 6.63. The zero-order valence-corrected chi connectivity index (χ0v) is 11.6. The van der Waals surface area contributed by atoms with Gasteiger partial charge in [-0.15, -0.1) is 0 Å². The third-order valence-electron chi connectivity index (χ3n) is 3.60. The van der Waals surface area contributed by atoms with Crippen LogP contribution in [-0.4, -0.2) is 45.1 Å². The topological polar surface area (TPSA) is 79.5 Å². The van der Waals surface area contributed by atoms with E-state index >= 15 is 0 Å². The Labute approximate surface area is 117 Å². The molecule has 3 N–H and O–H groups in total. The number of aromatic nitrogens is 1. The fraction of sp³-hybridized carbons (Fsp3) is 0.462. The molecule has 2 rings (SSSR count). The van der Waals surface area contributed by atoms with Crippen LogP contribution >= 0.6 is 12.2 Å². The summed E-state index contributed by atoms with van der Waals surface area (Å²) in [6.07, 6.45) is 2.41. The van der Waals surface area contributed by atoms with Gasteiger partial charge in [0.2, 0.25) is 0 Å². The Morgan fingerprint density at radius 3 is 2.89 bits per heavy atom. The van der Waals surface area contributed by atoms with Crippen LogP contribution in [0.5, 0.6) is 0 Å². The number of aliphatic hydroxyl groups is 1. The molecule has 5 nitrogen and oxygen atoms in total. The number of amides is 1. The van der Waals surface area contributed by atoms with E-state index in [2.05, 4.69) is 4.98 Å². The van der Waals surface area contributed by atoms with E-state index in [0.717, 1.165) is 6.42 Å². The molecule has 1 fully saturated rings. The number of carbonyl (C=O) groups excluding carboxylic acids is 1.